The second-order valence-electron chi connectivity index (χ2n) is 5.87. The van der Waals surface area contributed by atoms with Crippen LogP contribution in [0.2, 0.25) is 0 Å². The van der Waals surface area contributed by atoms with Gasteiger partial charge in [-0.3, -0.25) is 0 Å². The van der Waals surface area contributed by atoms with Crippen molar-refractivity contribution in [3.05, 3.63) is 0 Å². The van der Waals surface area contributed by atoms with Crippen molar-refractivity contribution < 1.29 is 0 Å². The molecule has 0 amide bonds. The lowest BCUT2D eigenvalue weighted by atomic mass is 9.53. The van der Waals surface area contributed by atoms with Crippen LogP contribution in [0.15, 0.2) is 0 Å². The summed E-state index contributed by atoms with van der Waals surface area (Å²) in [5, 5.41) is 0. The quantitative estimate of drug-likeness (QED) is 0.497. The van der Waals surface area contributed by atoms with Crippen LogP contribution >= 0.6 is 0 Å². The smallest absolute Gasteiger partial charge is 0.0285 e. The van der Waals surface area contributed by atoms with E-state index in [9.17, 15) is 0 Å². The molecule has 2 aliphatic carbocycles. The van der Waals surface area contributed by atoms with Crippen LogP contribution in [0.3, 0.4) is 0 Å². The summed E-state index contributed by atoms with van der Waals surface area (Å²) in [7, 11) is 0. The van der Waals surface area contributed by atoms with E-state index in [1.165, 1.54) is 32.1 Å². The van der Waals surface area contributed by atoms with E-state index in [2.05, 4.69) is 20.8 Å². The third kappa shape index (κ3) is 1.21. The van der Waals surface area contributed by atoms with E-state index in [-0.39, 0.29) is 0 Å². The summed E-state index contributed by atoms with van der Waals surface area (Å²) >= 11 is 0. The third-order valence-electron chi connectivity index (χ3n) is 3.66. The minimum absolute atomic E-state index is 0.685. The zero-order valence-corrected chi connectivity index (χ0v) is 8.11. The Balaban J connectivity index is 1.97. The highest BCUT2D eigenvalue weighted by molar-refractivity contribution is 5.02. The fourth-order valence-corrected chi connectivity index (χ4v) is 3.80. The zero-order chi connectivity index (χ0) is 8.11. The minimum Gasteiger partial charge on any atom is -0.0625 e. The maximum absolute atomic E-state index is 2.42. The molecule has 0 bridgehead atoms. The lowest BCUT2D eigenvalue weighted by Crippen LogP contribution is -2.41. The van der Waals surface area contributed by atoms with Crippen LogP contribution < -0.4 is 0 Å². The van der Waals surface area contributed by atoms with Gasteiger partial charge >= 0.3 is 0 Å². The molecule has 0 aliphatic heterocycles. The summed E-state index contributed by atoms with van der Waals surface area (Å²) in [5.41, 5.74) is 1.51. The van der Waals surface area contributed by atoms with E-state index < -0.39 is 0 Å². The molecule has 2 fully saturated rings. The average molecular weight is 152 g/mol. The molecule has 0 saturated heterocycles. The Morgan fingerprint density at radius 3 is 2.18 bits per heavy atom. The van der Waals surface area contributed by atoms with Gasteiger partial charge in [0.2, 0.25) is 0 Å². The molecule has 2 aliphatic rings. The van der Waals surface area contributed by atoms with E-state index in [0.29, 0.717) is 5.41 Å². The van der Waals surface area contributed by atoms with Gasteiger partial charge in [-0.1, -0.05) is 27.2 Å². The Bertz CT molecular complexity index is 159. The maximum Gasteiger partial charge on any atom is -0.0285 e. The van der Waals surface area contributed by atoms with Crippen LogP contribution in [0.5, 0.6) is 0 Å². The number of hydrogen-bond donors (Lipinski definition) is 0. The van der Waals surface area contributed by atoms with Gasteiger partial charge in [0, 0.05) is 0 Å². The topological polar surface area (TPSA) is 0 Å². The molecule has 0 aromatic rings. The standard InChI is InChI=1S/C11H20/c1-9-4-5-11(6-9)7-10(2,3)8-11/h9H,4-8H2,1-3H3. The SMILES string of the molecule is CC1CCC2(C1)CC(C)(C)C2. The van der Waals surface area contributed by atoms with Crippen molar-refractivity contribution in [3.63, 3.8) is 0 Å². The minimum atomic E-state index is 0.685. The fraction of sp³-hybridized carbons (Fsp3) is 1.00. The summed E-state index contributed by atoms with van der Waals surface area (Å²) < 4.78 is 0. The van der Waals surface area contributed by atoms with E-state index >= 15 is 0 Å². The maximum atomic E-state index is 2.42. The van der Waals surface area contributed by atoms with Crippen molar-refractivity contribution in [2.75, 3.05) is 0 Å². The molecule has 64 valence electrons. The zero-order valence-electron chi connectivity index (χ0n) is 8.11. The van der Waals surface area contributed by atoms with E-state index in [0.717, 1.165) is 11.3 Å². The first-order valence-electron chi connectivity index (χ1n) is 5.02. The summed E-state index contributed by atoms with van der Waals surface area (Å²) in [4.78, 5) is 0. The van der Waals surface area contributed by atoms with Gasteiger partial charge in [0.15, 0.2) is 0 Å². The van der Waals surface area contributed by atoms with Crippen molar-refractivity contribution in [2.45, 2.75) is 52.9 Å². The summed E-state index contributed by atoms with van der Waals surface area (Å²) in [6.07, 6.45) is 7.55. The Kier molecular flexibility index (Phi) is 1.41. The highest BCUT2D eigenvalue weighted by atomic mass is 14.6. The average Bonchev–Trinajstić information content (AvgIpc) is 2.08. The first kappa shape index (κ1) is 7.64. The Labute approximate surface area is 70.4 Å². The molecule has 1 spiro atoms. The Morgan fingerprint density at radius 1 is 1.18 bits per heavy atom. The molecule has 11 heavy (non-hydrogen) atoms. The van der Waals surface area contributed by atoms with Crippen molar-refractivity contribution in [2.24, 2.45) is 16.7 Å². The van der Waals surface area contributed by atoms with E-state index in [1.807, 2.05) is 0 Å². The van der Waals surface area contributed by atoms with Crippen LogP contribution in [0.4, 0.5) is 0 Å². The Morgan fingerprint density at radius 2 is 1.82 bits per heavy atom. The van der Waals surface area contributed by atoms with Gasteiger partial charge in [0.05, 0.1) is 0 Å². The molecule has 2 saturated carbocycles. The van der Waals surface area contributed by atoms with Crippen molar-refractivity contribution in [1.82, 2.24) is 0 Å². The van der Waals surface area contributed by atoms with Gasteiger partial charge < -0.3 is 0 Å². The lowest BCUT2D eigenvalue weighted by Gasteiger charge is -2.52. The van der Waals surface area contributed by atoms with Crippen LogP contribution in [-0.4, -0.2) is 0 Å². The van der Waals surface area contributed by atoms with Crippen LogP contribution in [-0.2, 0) is 0 Å². The first-order chi connectivity index (χ1) is 5.02. The molecule has 0 aromatic carbocycles. The van der Waals surface area contributed by atoms with Crippen LogP contribution in [0.25, 0.3) is 0 Å². The van der Waals surface area contributed by atoms with Gasteiger partial charge in [0.25, 0.3) is 0 Å². The molecule has 2 rings (SSSR count). The third-order valence-corrected chi connectivity index (χ3v) is 3.66. The summed E-state index contributed by atoms with van der Waals surface area (Å²) in [6, 6.07) is 0. The molecule has 1 unspecified atom stereocenters. The highest BCUT2D eigenvalue weighted by Crippen LogP contribution is 2.62. The predicted octanol–water partition coefficient (Wildman–Crippen LogP) is 3.61. The predicted molar refractivity (Wildman–Crippen MR) is 48.5 cm³/mol. The fourth-order valence-electron chi connectivity index (χ4n) is 3.80. The van der Waals surface area contributed by atoms with E-state index in [4.69, 9.17) is 0 Å². The highest BCUT2D eigenvalue weighted by Gasteiger charge is 2.51. The molecule has 0 radical (unpaired) electrons. The molecule has 0 heteroatoms. The molecule has 0 nitrogen and oxygen atoms in total. The van der Waals surface area contributed by atoms with Crippen LogP contribution in [0, 0.1) is 16.7 Å². The molecule has 0 N–H and O–H groups in total. The summed E-state index contributed by atoms with van der Waals surface area (Å²) in [6.45, 7) is 7.25. The first-order valence-corrected chi connectivity index (χ1v) is 5.02. The largest absolute Gasteiger partial charge is 0.0625 e. The van der Waals surface area contributed by atoms with Gasteiger partial charge in [-0.2, -0.15) is 0 Å². The van der Waals surface area contributed by atoms with Gasteiger partial charge in [-0.25, -0.2) is 0 Å². The van der Waals surface area contributed by atoms with Crippen molar-refractivity contribution >= 4 is 0 Å². The second-order valence-corrected chi connectivity index (χ2v) is 5.87. The second kappa shape index (κ2) is 2.02. The number of hydrogen-bond acceptors (Lipinski definition) is 0. The number of rotatable bonds is 0. The van der Waals surface area contributed by atoms with Gasteiger partial charge in [-0.15, -0.1) is 0 Å². The van der Waals surface area contributed by atoms with Gasteiger partial charge in [0.1, 0.15) is 0 Å². The van der Waals surface area contributed by atoms with Crippen LogP contribution in [0.1, 0.15) is 52.9 Å². The van der Waals surface area contributed by atoms with Crippen molar-refractivity contribution in [3.8, 4) is 0 Å². The normalized spacial score (nSPS) is 39.0. The van der Waals surface area contributed by atoms with E-state index in [1.54, 1.807) is 0 Å². The molecular weight excluding hydrogens is 132 g/mol. The van der Waals surface area contributed by atoms with Gasteiger partial charge in [-0.05, 0) is 42.4 Å². The van der Waals surface area contributed by atoms with Crippen molar-refractivity contribution in [1.29, 1.82) is 0 Å². The molecular formula is C11H20. The summed E-state index contributed by atoms with van der Waals surface area (Å²) in [5.74, 6) is 1.02. The monoisotopic (exact) mass is 152 g/mol. The molecule has 0 heterocycles. The molecule has 1 atom stereocenters. The Hall–Kier alpha value is 0. The lowest BCUT2D eigenvalue weighted by molar-refractivity contribution is -0.00959. The molecule has 0 aromatic heterocycles.